The molecule has 0 saturated heterocycles. The van der Waals surface area contributed by atoms with Crippen molar-refractivity contribution in [2.45, 2.75) is 57.8 Å². The Hall–Kier alpha value is -2.30. The molecular weight excluding hydrogens is 783 g/mol. The van der Waals surface area contributed by atoms with E-state index in [0.29, 0.717) is 128 Å². The van der Waals surface area contributed by atoms with Crippen molar-refractivity contribution in [2.24, 2.45) is 0 Å². The average molecular weight is 851 g/mol. The number of rotatable bonds is 31. The van der Waals surface area contributed by atoms with Gasteiger partial charge < -0.3 is 32.4 Å². The molecule has 322 valence electrons. The minimum absolute atomic E-state index is 0.215. The van der Waals surface area contributed by atoms with Crippen LogP contribution in [0.5, 0.6) is 17.2 Å². The van der Waals surface area contributed by atoms with Crippen LogP contribution in [-0.2, 0) is 35.1 Å². The molecule has 0 bridgehead atoms. The highest BCUT2D eigenvalue weighted by atomic mass is 32.2. The number of quaternary nitrogens is 3. The first kappa shape index (κ1) is 50.7. The molecule has 0 radical (unpaired) electrons. The zero-order chi connectivity index (χ0) is 42.0. The van der Waals surface area contributed by atoms with Crippen LogP contribution in [0, 0.1) is 0 Å². The summed E-state index contributed by atoms with van der Waals surface area (Å²) in [5.74, 6) is -0.447. The van der Waals surface area contributed by atoms with Crippen LogP contribution in [0.2, 0.25) is 0 Å². The van der Waals surface area contributed by atoms with Gasteiger partial charge in [-0.25, -0.2) is 4.79 Å². The van der Waals surface area contributed by atoms with E-state index in [-0.39, 0.29) is 42.6 Å². The van der Waals surface area contributed by atoms with Gasteiger partial charge in [-0.1, -0.05) is 0 Å². The van der Waals surface area contributed by atoms with Crippen LogP contribution in [0.4, 0.5) is 0 Å². The maximum Gasteiger partial charge on any atom is 0.338 e. The highest BCUT2D eigenvalue weighted by Crippen LogP contribution is 2.40. The van der Waals surface area contributed by atoms with Gasteiger partial charge in [0.15, 0.2) is 11.5 Å². The molecule has 55 heavy (non-hydrogen) atoms. The molecule has 3 N–H and O–H groups in total. The van der Waals surface area contributed by atoms with E-state index in [1.54, 1.807) is 12.1 Å². The molecule has 0 fully saturated rings. The van der Waals surface area contributed by atoms with Gasteiger partial charge in [0, 0.05) is 19.3 Å². The lowest BCUT2D eigenvalue weighted by molar-refractivity contribution is -0.890. The summed E-state index contributed by atoms with van der Waals surface area (Å²) in [6, 6.07) is 3.12. The monoisotopic (exact) mass is 850 g/mol. The van der Waals surface area contributed by atoms with E-state index >= 15 is 0 Å². The molecule has 0 unspecified atom stereocenters. The van der Waals surface area contributed by atoms with Gasteiger partial charge in [0.25, 0.3) is 30.4 Å². The third-order valence-electron chi connectivity index (χ3n) is 9.17. The number of carbonyl (C=O) groups is 1. The molecular formula is C35H68N3O14S3+3. The summed E-state index contributed by atoms with van der Waals surface area (Å²) >= 11 is 0. The maximum absolute atomic E-state index is 12.7. The lowest BCUT2D eigenvalue weighted by Crippen LogP contribution is -2.42. The van der Waals surface area contributed by atoms with E-state index in [4.69, 9.17) is 32.6 Å². The van der Waals surface area contributed by atoms with Crippen molar-refractivity contribution in [3.63, 3.8) is 0 Å². The Kier molecular flexibility index (Phi) is 21.4. The zero-order valence-electron chi connectivity index (χ0n) is 33.9. The molecule has 1 aromatic rings. The number of unbranched alkanes of at least 4 members (excludes halogenated alkanes) is 3. The number of esters is 1. The number of ether oxygens (including phenoxy) is 4. The maximum atomic E-state index is 12.7. The highest BCUT2D eigenvalue weighted by molar-refractivity contribution is 7.86. The third kappa shape index (κ3) is 25.5. The van der Waals surface area contributed by atoms with E-state index in [9.17, 15) is 30.0 Å². The van der Waals surface area contributed by atoms with E-state index in [0.717, 1.165) is 0 Å². The normalized spacial score (nSPS) is 13.1. The van der Waals surface area contributed by atoms with Crippen molar-refractivity contribution < 1.29 is 76.1 Å². The largest absolute Gasteiger partial charge is 0.489 e. The Morgan fingerprint density at radius 1 is 0.509 bits per heavy atom. The quantitative estimate of drug-likeness (QED) is 0.0424. The summed E-state index contributed by atoms with van der Waals surface area (Å²) in [4.78, 5) is 12.7. The molecule has 17 nitrogen and oxygen atoms in total. The van der Waals surface area contributed by atoms with Crippen molar-refractivity contribution in [2.75, 3.05) is 126 Å². The van der Waals surface area contributed by atoms with Crippen molar-refractivity contribution in [1.29, 1.82) is 0 Å². The van der Waals surface area contributed by atoms with Crippen molar-refractivity contribution in [1.82, 2.24) is 0 Å². The van der Waals surface area contributed by atoms with E-state index in [1.165, 1.54) is 7.11 Å². The second kappa shape index (κ2) is 23.2. The van der Waals surface area contributed by atoms with Gasteiger partial charge in [-0.05, 0) is 50.7 Å². The number of carbonyl (C=O) groups excluding carboxylic acids is 1. The highest BCUT2D eigenvalue weighted by Gasteiger charge is 2.23. The Balaban J connectivity index is 3.09. The molecule has 1 rings (SSSR count). The minimum atomic E-state index is -4.00. The summed E-state index contributed by atoms with van der Waals surface area (Å²) in [7, 11) is 1.47. The standard InChI is InChI=1S/C35H65N3O14S3/c1-36(2,17-8-11-26-53(40,41)42)20-14-23-50-32-29-31(35(39)49-7)30-33(51-24-15-21-37(3,4)18-9-12-27-54(43,44)45)34(32)52-25-16-22-38(5,6)19-10-13-28-55(46,47)48/h29-30H,8-28H2,1-7H3/p+3. The van der Waals surface area contributed by atoms with Crippen molar-refractivity contribution in [3.05, 3.63) is 17.7 Å². The number of methoxy groups -OCH3 is 1. The van der Waals surface area contributed by atoms with Crippen LogP contribution >= 0.6 is 0 Å². The van der Waals surface area contributed by atoms with Crippen molar-refractivity contribution in [3.8, 4) is 17.2 Å². The Morgan fingerprint density at radius 2 is 0.800 bits per heavy atom. The molecule has 20 heteroatoms. The summed E-state index contributed by atoms with van der Waals surface area (Å²) in [6.45, 7) is 5.10. The van der Waals surface area contributed by atoms with Crippen LogP contribution in [0.3, 0.4) is 0 Å². The van der Waals surface area contributed by atoms with E-state index < -0.39 is 36.3 Å². The Labute approximate surface area is 329 Å². The molecule has 0 atom stereocenters. The summed E-state index contributed by atoms with van der Waals surface area (Å²) in [6.07, 6.45) is 4.84. The van der Waals surface area contributed by atoms with Crippen molar-refractivity contribution >= 4 is 36.3 Å². The van der Waals surface area contributed by atoms with Crippen LogP contribution in [0.1, 0.15) is 68.1 Å². The smallest absolute Gasteiger partial charge is 0.338 e. The number of nitrogens with zero attached hydrogens (tertiary/aromatic N) is 3. The Bertz CT molecular complexity index is 1570. The topological polar surface area (TPSA) is 217 Å². The van der Waals surface area contributed by atoms with Gasteiger partial charge in [0.1, 0.15) is 0 Å². The molecule has 0 saturated carbocycles. The van der Waals surface area contributed by atoms with Gasteiger partial charge in [-0.3, -0.25) is 13.7 Å². The molecule has 0 aliphatic rings. The molecule has 0 amide bonds. The van der Waals surface area contributed by atoms with Crippen LogP contribution in [0.15, 0.2) is 12.1 Å². The fourth-order valence-corrected chi connectivity index (χ4v) is 7.70. The lowest BCUT2D eigenvalue weighted by Gasteiger charge is -2.30. The average Bonchev–Trinajstić information content (AvgIpc) is 3.04. The van der Waals surface area contributed by atoms with Crippen LogP contribution in [-0.4, -0.2) is 184 Å². The Morgan fingerprint density at radius 3 is 1.09 bits per heavy atom. The van der Waals surface area contributed by atoms with Gasteiger partial charge in [0.05, 0.1) is 131 Å². The van der Waals surface area contributed by atoms with E-state index in [1.807, 2.05) is 42.3 Å². The molecule has 0 spiro atoms. The minimum Gasteiger partial charge on any atom is -0.489 e. The summed E-state index contributed by atoms with van der Waals surface area (Å²) in [5.41, 5.74) is 0.215. The third-order valence-corrected chi connectivity index (χ3v) is 11.6. The summed E-state index contributed by atoms with van der Waals surface area (Å²) in [5, 5.41) is 0. The fraction of sp³-hybridized carbons (Fsp3) is 0.800. The predicted octanol–water partition coefficient (Wildman–Crippen LogP) is 3.01. The molecule has 1 aromatic carbocycles. The first-order valence-electron chi connectivity index (χ1n) is 18.7. The van der Waals surface area contributed by atoms with Gasteiger partial charge in [0.2, 0.25) is 5.75 Å². The summed E-state index contributed by atoms with van der Waals surface area (Å²) < 4.78 is 119. The van der Waals surface area contributed by atoms with Crippen LogP contribution < -0.4 is 14.2 Å². The fourth-order valence-electron chi connectivity index (χ4n) is 5.99. The number of benzene rings is 1. The van der Waals surface area contributed by atoms with E-state index in [2.05, 4.69) is 0 Å². The second-order valence-corrected chi connectivity index (χ2v) is 20.7. The predicted molar refractivity (Wildman–Crippen MR) is 211 cm³/mol. The second-order valence-electron chi connectivity index (χ2n) is 16.0. The van der Waals surface area contributed by atoms with Gasteiger partial charge in [-0.15, -0.1) is 0 Å². The molecule has 0 aliphatic carbocycles. The zero-order valence-corrected chi connectivity index (χ0v) is 36.4. The number of hydrogen-bond donors (Lipinski definition) is 3. The molecule has 0 aromatic heterocycles. The first-order chi connectivity index (χ1) is 25.2. The lowest BCUT2D eigenvalue weighted by atomic mass is 10.1. The SMILES string of the molecule is COC(=O)c1cc(OCCC[N+](C)(C)CCCCS(=O)(=O)O)c(OCCC[N+](C)(C)CCCCS(=O)(=O)O)c(OCCC[N+](C)(C)CCCCS(=O)(=O)O)c1. The van der Waals surface area contributed by atoms with Gasteiger partial charge in [-0.2, -0.15) is 25.3 Å². The molecule has 0 aliphatic heterocycles. The van der Waals surface area contributed by atoms with Crippen LogP contribution in [0.25, 0.3) is 0 Å². The number of hydrogen-bond acceptors (Lipinski definition) is 11. The first-order valence-corrected chi connectivity index (χ1v) is 23.5. The molecule has 0 heterocycles. The van der Waals surface area contributed by atoms with Gasteiger partial charge >= 0.3 is 5.97 Å².